The highest BCUT2D eigenvalue weighted by Crippen LogP contribution is 2.60. The Morgan fingerprint density at radius 2 is 1.96 bits per heavy atom. The number of ether oxygens (including phenoxy) is 2. The van der Waals surface area contributed by atoms with E-state index in [0.29, 0.717) is 17.5 Å². The normalized spacial score (nSPS) is 48.6. The zero-order valence-electron chi connectivity index (χ0n) is 16.1. The lowest BCUT2D eigenvalue weighted by Gasteiger charge is -2.60. The SMILES string of the molecule is C[C@H]1[C@@H](Nc2cccc(F)c2)O[C@@H]2O[C@]3(C)CC[C@H]4[C@H](C)CC[C@@H]1[C@@]24OO3. The fourth-order valence-electron chi connectivity index (χ4n) is 5.81. The van der Waals surface area contributed by atoms with Crippen LogP contribution in [0.4, 0.5) is 10.1 Å². The molecule has 1 aromatic rings. The van der Waals surface area contributed by atoms with Crippen LogP contribution in [0.1, 0.15) is 46.5 Å². The molecule has 0 radical (unpaired) electrons. The van der Waals surface area contributed by atoms with E-state index in [1.807, 2.05) is 13.0 Å². The molecule has 4 saturated heterocycles. The van der Waals surface area contributed by atoms with Crippen molar-refractivity contribution in [2.24, 2.45) is 23.7 Å². The highest BCUT2D eigenvalue weighted by molar-refractivity contribution is 5.44. The van der Waals surface area contributed by atoms with Gasteiger partial charge in [-0.1, -0.05) is 19.9 Å². The number of hydrogen-bond acceptors (Lipinski definition) is 5. The Balaban J connectivity index is 1.49. The zero-order chi connectivity index (χ0) is 18.8. The Labute approximate surface area is 159 Å². The van der Waals surface area contributed by atoms with Gasteiger partial charge in [-0.2, -0.15) is 0 Å². The van der Waals surface area contributed by atoms with Crippen molar-refractivity contribution in [3.05, 3.63) is 30.1 Å². The van der Waals surface area contributed by atoms with Crippen molar-refractivity contribution in [2.75, 3.05) is 5.32 Å². The Morgan fingerprint density at radius 3 is 2.78 bits per heavy atom. The molecule has 1 spiro atoms. The number of rotatable bonds is 2. The maximum Gasteiger partial charge on any atom is 0.201 e. The Morgan fingerprint density at radius 1 is 1.11 bits per heavy atom. The summed E-state index contributed by atoms with van der Waals surface area (Å²) in [5.74, 6) is 0.283. The predicted octanol–water partition coefficient (Wildman–Crippen LogP) is 4.45. The third kappa shape index (κ3) is 2.64. The van der Waals surface area contributed by atoms with Crippen LogP contribution in [0.2, 0.25) is 0 Å². The topological polar surface area (TPSA) is 49.0 Å². The molecule has 5 fully saturated rings. The lowest BCUT2D eigenvalue weighted by molar-refractivity contribution is -0.570. The molecule has 6 heteroatoms. The van der Waals surface area contributed by atoms with Crippen LogP contribution >= 0.6 is 0 Å². The third-order valence-electron chi connectivity index (χ3n) is 7.29. The lowest BCUT2D eigenvalue weighted by Crippen LogP contribution is -2.71. The minimum absolute atomic E-state index is 0.175. The molecule has 1 aromatic carbocycles. The van der Waals surface area contributed by atoms with Crippen LogP contribution in [0.3, 0.4) is 0 Å². The average molecular weight is 377 g/mol. The summed E-state index contributed by atoms with van der Waals surface area (Å²) in [5.41, 5.74) is 0.151. The van der Waals surface area contributed by atoms with E-state index in [2.05, 4.69) is 19.2 Å². The number of hydrogen-bond donors (Lipinski definition) is 1. The summed E-state index contributed by atoms with van der Waals surface area (Å²) in [7, 11) is 0. The number of anilines is 1. The van der Waals surface area contributed by atoms with E-state index >= 15 is 0 Å². The van der Waals surface area contributed by atoms with E-state index in [1.165, 1.54) is 18.6 Å². The molecular formula is C21H28FNO4. The number of fused-ring (bicyclic) bond motifs is 2. The largest absolute Gasteiger partial charge is 0.360 e. The highest BCUT2D eigenvalue weighted by atomic mass is 19.1. The summed E-state index contributed by atoms with van der Waals surface area (Å²) in [6, 6.07) is 6.49. The summed E-state index contributed by atoms with van der Waals surface area (Å²) >= 11 is 0. The van der Waals surface area contributed by atoms with Gasteiger partial charge in [-0.05, 0) is 56.2 Å². The first-order chi connectivity index (χ1) is 12.9. The molecule has 1 N–H and O–H groups in total. The van der Waals surface area contributed by atoms with Crippen LogP contribution in [0.25, 0.3) is 0 Å². The fraction of sp³-hybridized carbons (Fsp3) is 0.714. The zero-order valence-corrected chi connectivity index (χ0v) is 16.1. The van der Waals surface area contributed by atoms with Crippen LogP contribution in [-0.4, -0.2) is 23.9 Å². The molecule has 8 atom stereocenters. The van der Waals surface area contributed by atoms with Crippen LogP contribution < -0.4 is 5.32 Å². The molecule has 5 nitrogen and oxygen atoms in total. The summed E-state index contributed by atoms with van der Waals surface area (Å²) in [4.78, 5) is 12.0. The third-order valence-corrected chi connectivity index (χ3v) is 7.29. The van der Waals surface area contributed by atoms with Gasteiger partial charge in [0.1, 0.15) is 12.0 Å². The minimum Gasteiger partial charge on any atom is -0.360 e. The van der Waals surface area contributed by atoms with Crippen molar-refractivity contribution < 1.29 is 23.6 Å². The van der Waals surface area contributed by atoms with Gasteiger partial charge < -0.3 is 14.8 Å². The van der Waals surface area contributed by atoms with Crippen molar-refractivity contribution in [3.63, 3.8) is 0 Å². The van der Waals surface area contributed by atoms with Crippen molar-refractivity contribution in [3.8, 4) is 0 Å². The van der Waals surface area contributed by atoms with E-state index < -0.39 is 17.7 Å². The first-order valence-corrected chi connectivity index (χ1v) is 10.1. The van der Waals surface area contributed by atoms with Crippen molar-refractivity contribution in [1.29, 1.82) is 0 Å². The molecular weight excluding hydrogens is 349 g/mol. The van der Waals surface area contributed by atoms with Gasteiger partial charge in [0.15, 0.2) is 11.9 Å². The molecule has 0 aromatic heterocycles. The molecule has 1 aliphatic carbocycles. The van der Waals surface area contributed by atoms with Gasteiger partial charge in [0.05, 0.1) is 0 Å². The average Bonchev–Trinajstić information content (AvgIpc) is 2.86. The van der Waals surface area contributed by atoms with Crippen LogP contribution in [0, 0.1) is 29.5 Å². The predicted molar refractivity (Wildman–Crippen MR) is 96.9 cm³/mol. The molecule has 5 aliphatic rings. The molecule has 4 heterocycles. The van der Waals surface area contributed by atoms with Gasteiger partial charge in [0.25, 0.3) is 0 Å². The first kappa shape index (κ1) is 17.9. The van der Waals surface area contributed by atoms with Gasteiger partial charge in [0, 0.05) is 23.9 Å². The van der Waals surface area contributed by atoms with E-state index in [1.54, 1.807) is 6.07 Å². The quantitative estimate of drug-likeness (QED) is 0.772. The second-order valence-corrected chi connectivity index (χ2v) is 8.98. The fourth-order valence-corrected chi connectivity index (χ4v) is 5.81. The van der Waals surface area contributed by atoms with Crippen LogP contribution in [0.5, 0.6) is 0 Å². The standard InChI is InChI=1S/C21H28FNO4/c1-12-7-8-17-13(2)18(23-15-6-4-5-14(22)11-15)24-19-21(17)16(12)9-10-20(3,25-19)26-27-21/h4-6,11-13,16-19,23H,7-10H2,1-3H3/t12-,13-,16+,17+,18+,19-,20+,21-/m1/s1. The Kier molecular flexibility index (Phi) is 4.06. The van der Waals surface area contributed by atoms with Gasteiger partial charge in [-0.25, -0.2) is 14.2 Å². The monoisotopic (exact) mass is 377 g/mol. The maximum atomic E-state index is 13.6. The number of halogens is 1. The summed E-state index contributed by atoms with van der Waals surface area (Å²) in [5, 5.41) is 3.37. The molecule has 4 aliphatic heterocycles. The minimum atomic E-state index is -0.776. The summed E-state index contributed by atoms with van der Waals surface area (Å²) in [6.45, 7) is 6.41. The van der Waals surface area contributed by atoms with Crippen molar-refractivity contribution in [1.82, 2.24) is 0 Å². The lowest BCUT2D eigenvalue weighted by atomic mass is 9.58. The van der Waals surface area contributed by atoms with Gasteiger partial charge >= 0.3 is 0 Å². The second-order valence-electron chi connectivity index (χ2n) is 8.98. The first-order valence-electron chi connectivity index (χ1n) is 10.1. The van der Waals surface area contributed by atoms with E-state index in [-0.39, 0.29) is 23.9 Å². The summed E-state index contributed by atoms with van der Waals surface area (Å²) in [6.07, 6.45) is 3.27. The van der Waals surface area contributed by atoms with Gasteiger partial charge in [-0.15, -0.1) is 0 Å². The molecule has 0 amide bonds. The molecule has 27 heavy (non-hydrogen) atoms. The second kappa shape index (κ2) is 6.14. The van der Waals surface area contributed by atoms with Crippen LogP contribution in [0.15, 0.2) is 24.3 Å². The maximum absolute atomic E-state index is 13.6. The van der Waals surface area contributed by atoms with Crippen molar-refractivity contribution in [2.45, 2.75) is 70.4 Å². The molecule has 148 valence electrons. The van der Waals surface area contributed by atoms with E-state index in [9.17, 15) is 4.39 Å². The van der Waals surface area contributed by atoms with E-state index in [4.69, 9.17) is 19.2 Å². The molecule has 2 bridgehead atoms. The molecule has 6 rings (SSSR count). The Bertz CT molecular complexity index is 732. The smallest absolute Gasteiger partial charge is 0.201 e. The van der Waals surface area contributed by atoms with Crippen LogP contribution in [-0.2, 0) is 19.2 Å². The molecule has 1 saturated carbocycles. The van der Waals surface area contributed by atoms with Gasteiger partial charge in [0.2, 0.25) is 5.79 Å². The number of benzene rings is 1. The summed E-state index contributed by atoms with van der Waals surface area (Å²) < 4.78 is 26.4. The molecule has 0 unspecified atom stereocenters. The Hall–Kier alpha value is -1.21. The number of nitrogens with one attached hydrogen (secondary N) is 1. The highest BCUT2D eigenvalue weighted by Gasteiger charge is 2.69. The van der Waals surface area contributed by atoms with Gasteiger partial charge in [-0.3, -0.25) is 0 Å². The van der Waals surface area contributed by atoms with Crippen molar-refractivity contribution >= 4 is 5.69 Å². The van der Waals surface area contributed by atoms with E-state index in [0.717, 1.165) is 19.3 Å².